The third kappa shape index (κ3) is 2.90. The number of benzene rings is 1. The van der Waals surface area contributed by atoms with Crippen molar-refractivity contribution in [1.29, 1.82) is 0 Å². The summed E-state index contributed by atoms with van der Waals surface area (Å²) < 4.78 is 10.1. The summed E-state index contributed by atoms with van der Waals surface area (Å²) in [5.74, 6) is 1.44. The van der Waals surface area contributed by atoms with Gasteiger partial charge < -0.3 is 10.9 Å². The van der Waals surface area contributed by atoms with E-state index in [0.29, 0.717) is 5.75 Å². The normalized spacial score (nSPS) is 8.58. The van der Waals surface area contributed by atoms with E-state index < -0.39 is 0 Å². The van der Waals surface area contributed by atoms with Gasteiger partial charge in [-0.25, -0.2) is 0 Å². The largest absolute Gasteiger partial charge is 1.00 e. The van der Waals surface area contributed by atoms with E-state index in [4.69, 9.17) is 9.47 Å². The third-order valence-electron chi connectivity index (χ3n) is 1.37. The maximum absolute atomic E-state index is 5.04. The molecule has 62 valence electrons. The maximum Gasteiger partial charge on any atom is 1.00 e. The van der Waals surface area contributed by atoms with Crippen LogP contribution in [-0.4, -0.2) is 14.2 Å². The van der Waals surface area contributed by atoms with E-state index in [1.165, 1.54) is 0 Å². The molecule has 0 aromatic heterocycles. The van der Waals surface area contributed by atoms with Gasteiger partial charge in [0.25, 0.3) is 0 Å². The predicted octanol–water partition coefficient (Wildman–Crippen LogP) is -0.891. The van der Waals surface area contributed by atoms with E-state index in [0.717, 1.165) is 10.6 Å². The predicted molar refractivity (Wildman–Crippen MR) is 47.9 cm³/mol. The van der Waals surface area contributed by atoms with Gasteiger partial charge in [0.05, 0.1) is 14.2 Å². The van der Waals surface area contributed by atoms with Crippen molar-refractivity contribution in [2.24, 2.45) is 0 Å². The van der Waals surface area contributed by atoms with Crippen molar-refractivity contribution in [3.8, 4) is 11.5 Å². The Morgan fingerprint density at radius 2 is 1.75 bits per heavy atom. The average Bonchev–Trinajstić information content (AvgIpc) is 2.04. The molecule has 4 heteroatoms. The van der Waals surface area contributed by atoms with Crippen LogP contribution in [0.3, 0.4) is 0 Å². The first-order chi connectivity index (χ1) is 5.27. The van der Waals surface area contributed by atoms with Crippen LogP contribution in [0, 0.1) is 0 Å². The molecule has 0 heterocycles. The zero-order chi connectivity index (χ0) is 8.27. The first-order valence-electron chi connectivity index (χ1n) is 3.19. The summed E-state index contributed by atoms with van der Waals surface area (Å²) in [4.78, 5) is 0.864. The molecule has 12 heavy (non-hydrogen) atoms. The van der Waals surface area contributed by atoms with Gasteiger partial charge in [0.1, 0.15) is 0 Å². The standard InChI is InChI=1S/C8H10O2S.Na.H/c1-9-7-4-3-6(11)5-8(7)10-2;;/h3-5,11H,1-2H3;;/q;+1;-1. The van der Waals surface area contributed by atoms with Gasteiger partial charge in [-0.2, -0.15) is 0 Å². The van der Waals surface area contributed by atoms with E-state index in [1.807, 2.05) is 18.2 Å². The quantitative estimate of drug-likeness (QED) is 0.486. The number of ether oxygens (including phenoxy) is 2. The molecule has 0 fully saturated rings. The Balaban J connectivity index is 0. The topological polar surface area (TPSA) is 18.5 Å². The van der Waals surface area contributed by atoms with Gasteiger partial charge in [0, 0.05) is 4.90 Å². The van der Waals surface area contributed by atoms with Crippen molar-refractivity contribution in [3.63, 3.8) is 0 Å². The van der Waals surface area contributed by atoms with Gasteiger partial charge in [0.15, 0.2) is 11.5 Å². The van der Waals surface area contributed by atoms with Crippen LogP contribution in [0.2, 0.25) is 0 Å². The zero-order valence-corrected chi connectivity index (χ0v) is 10.4. The zero-order valence-electron chi connectivity index (χ0n) is 8.50. The SMILES string of the molecule is COc1ccc(S)cc1OC.[H-].[Na+]. The van der Waals surface area contributed by atoms with Crippen LogP contribution < -0.4 is 39.0 Å². The molecule has 0 aliphatic carbocycles. The van der Waals surface area contributed by atoms with Crippen LogP contribution in [0.1, 0.15) is 1.43 Å². The molecule has 1 aromatic carbocycles. The number of methoxy groups -OCH3 is 2. The average molecular weight is 194 g/mol. The molecule has 0 radical (unpaired) electrons. The molecule has 0 amide bonds. The number of thiol groups is 1. The molecule has 0 N–H and O–H groups in total. The summed E-state index contributed by atoms with van der Waals surface area (Å²) in [6.45, 7) is 0. The molecular weight excluding hydrogens is 183 g/mol. The minimum absolute atomic E-state index is 0. The Morgan fingerprint density at radius 1 is 1.17 bits per heavy atom. The van der Waals surface area contributed by atoms with Gasteiger partial charge in [-0.3, -0.25) is 0 Å². The van der Waals surface area contributed by atoms with E-state index in [1.54, 1.807) is 14.2 Å². The van der Waals surface area contributed by atoms with Crippen molar-refractivity contribution in [3.05, 3.63) is 18.2 Å². The van der Waals surface area contributed by atoms with E-state index in [9.17, 15) is 0 Å². The molecule has 0 bridgehead atoms. The van der Waals surface area contributed by atoms with Crippen LogP contribution in [0.25, 0.3) is 0 Å². The summed E-state index contributed by atoms with van der Waals surface area (Å²) in [7, 11) is 3.21. The Hall–Kier alpha value is 0.170. The first kappa shape index (κ1) is 12.2. The maximum atomic E-state index is 5.04. The monoisotopic (exact) mass is 194 g/mol. The fraction of sp³-hybridized carbons (Fsp3) is 0.250. The van der Waals surface area contributed by atoms with Crippen LogP contribution in [-0.2, 0) is 0 Å². The second-order valence-electron chi connectivity index (χ2n) is 2.04. The molecule has 1 aromatic rings. The second-order valence-corrected chi connectivity index (χ2v) is 2.56. The fourth-order valence-corrected chi connectivity index (χ4v) is 1.02. The Labute approximate surface area is 101 Å². The fourth-order valence-electron chi connectivity index (χ4n) is 0.825. The van der Waals surface area contributed by atoms with Crippen LogP contribution in [0.5, 0.6) is 11.5 Å². The van der Waals surface area contributed by atoms with Crippen molar-refractivity contribution in [2.75, 3.05) is 14.2 Å². The summed E-state index contributed by atoms with van der Waals surface area (Å²) in [6, 6.07) is 5.48. The molecule has 0 spiro atoms. The number of hydrogen-bond acceptors (Lipinski definition) is 3. The van der Waals surface area contributed by atoms with Crippen molar-refractivity contribution in [2.45, 2.75) is 4.90 Å². The summed E-state index contributed by atoms with van der Waals surface area (Å²) in [5.41, 5.74) is 0. The molecule has 0 aliphatic rings. The van der Waals surface area contributed by atoms with Gasteiger partial charge in [-0.15, -0.1) is 12.6 Å². The smallest absolute Gasteiger partial charge is 1.00 e. The Morgan fingerprint density at radius 3 is 2.25 bits per heavy atom. The summed E-state index contributed by atoms with van der Waals surface area (Å²) in [5, 5.41) is 0. The molecular formula is C8H11NaO2S. The molecule has 0 unspecified atom stereocenters. The molecule has 0 aliphatic heterocycles. The van der Waals surface area contributed by atoms with E-state index >= 15 is 0 Å². The van der Waals surface area contributed by atoms with Crippen molar-refractivity contribution in [1.82, 2.24) is 0 Å². The van der Waals surface area contributed by atoms with Gasteiger partial charge >= 0.3 is 29.6 Å². The first-order valence-corrected chi connectivity index (χ1v) is 3.63. The number of hydrogen-bond donors (Lipinski definition) is 1. The van der Waals surface area contributed by atoms with Crippen LogP contribution in [0.4, 0.5) is 0 Å². The van der Waals surface area contributed by atoms with Gasteiger partial charge in [-0.1, -0.05) is 0 Å². The minimum Gasteiger partial charge on any atom is -1.00 e. The molecule has 0 saturated carbocycles. The molecule has 0 atom stereocenters. The Kier molecular flexibility index (Phi) is 5.84. The second kappa shape index (κ2) is 5.75. The number of rotatable bonds is 2. The Bertz CT molecular complexity index is 258. The third-order valence-corrected chi connectivity index (χ3v) is 1.65. The van der Waals surface area contributed by atoms with Crippen LogP contribution >= 0.6 is 12.6 Å². The van der Waals surface area contributed by atoms with E-state index in [2.05, 4.69) is 12.6 Å². The summed E-state index contributed by atoms with van der Waals surface area (Å²) >= 11 is 4.16. The summed E-state index contributed by atoms with van der Waals surface area (Å²) in [6.07, 6.45) is 0. The van der Waals surface area contributed by atoms with Gasteiger partial charge in [0.2, 0.25) is 0 Å². The van der Waals surface area contributed by atoms with Crippen molar-refractivity contribution >= 4 is 12.6 Å². The molecule has 2 nitrogen and oxygen atoms in total. The molecule has 1 rings (SSSR count). The van der Waals surface area contributed by atoms with E-state index in [-0.39, 0.29) is 31.0 Å². The minimum atomic E-state index is 0. The van der Waals surface area contributed by atoms with Crippen molar-refractivity contribution < 1.29 is 40.5 Å². The molecule has 0 saturated heterocycles. The van der Waals surface area contributed by atoms with Crippen LogP contribution in [0.15, 0.2) is 23.1 Å². The van der Waals surface area contributed by atoms with Gasteiger partial charge in [-0.05, 0) is 18.2 Å².